The maximum Gasteiger partial charge on any atom is 0.325 e. The van der Waals surface area contributed by atoms with Crippen LogP contribution in [0.25, 0.3) is 0 Å². The Labute approximate surface area is 123 Å². The molecule has 0 saturated carbocycles. The minimum Gasteiger partial charge on any atom is -0.480 e. The van der Waals surface area contributed by atoms with Crippen molar-refractivity contribution in [3.8, 4) is 0 Å². The molecule has 1 unspecified atom stereocenters. The number of hydrogen-bond acceptors (Lipinski definition) is 3. The summed E-state index contributed by atoms with van der Waals surface area (Å²) in [5.74, 6) is -1.59. The largest absolute Gasteiger partial charge is 0.480 e. The molecule has 0 bridgehead atoms. The molecule has 5 heteroatoms. The van der Waals surface area contributed by atoms with Gasteiger partial charge in [-0.25, -0.2) is 0 Å². The molecule has 2 rings (SSSR count). The molecule has 1 atom stereocenters. The molecule has 1 aromatic rings. The van der Waals surface area contributed by atoms with Crippen LogP contribution in [0.1, 0.15) is 47.7 Å². The average molecular weight is 289 g/mol. The molecule has 1 amide bonds. The maximum atomic E-state index is 12.1. The smallest absolute Gasteiger partial charge is 0.325 e. The molecule has 0 heterocycles. The molecule has 0 spiro atoms. The number of amides is 1. The second-order valence-electron chi connectivity index (χ2n) is 5.39. The summed E-state index contributed by atoms with van der Waals surface area (Å²) >= 11 is 0. The highest BCUT2D eigenvalue weighted by Crippen LogP contribution is 2.23. The van der Waals surface area contributed by atoms with Gasteiger partial charge in [-0.15, -0.1) is 0 Å². The van der Waals surface area contributed by atoms with E-state index in [4.69, 9.17) is 5.11 Å². The SMILES string of the molecule is CC(NC(=O)CCC(=O)c1ccc2c(c1)CCC2)C(=O)O. The fourth-order valence-electron chi connectivity index (χ4n) is 2.49. The summed E-state index contributed by atoms with van der Waals surface area (Å²) < 4.78 is 0. The van der Waals surface area contributed by atoms with Crippen LogP contribution < -0.4 is 5.32 Å². The van der Waals surface area contributed by atoms with Crippen molar-refractivity contribution < 1.29 is 19.5 Å². The molecule has 0 aliphatic heterocycles. The minimum absolute atomic E-state index is 0.00748. The number of nitrogens with one attached hydrogen (secondary N) is 1. The van der Waals surface area contributed by atoms with E-state index in [-0.39, 0.29) is 18.6 Å². The summed E-state index contributed by atoms with van der Waals surface area (Å²) in [6.07, 6.45) is 3.30. The van der Waals surface area contributed by atoms with Crippen LogP contribution in [0, 0.1) is 0 Å². The van der Waals surface area contributed by atoms with Crippen molar-refractivity contribution in [3.63, 3.8) is 0 Å². The highest BCUT2D eigenvalue weighted by atomic mass is 16.4. The van der Waals surface area contributed by atoms with E-state index in [0.29, 0.717) is 5.56 Å². The van der Waals surface area contributed by atoms with Gasteiger partial charge in [0, 0.05) is 18.4 Å². The van der Waals surface area contributed by atoms with Crippen LogP contribution in [0.4, 0.5) is 0 Å². The van der Waals surface area contributed by atoms with Crippen molar-refractivity contribution in [2.75, 3.05) is 0 Å². The number of Topliss-reactive ketones (excluding diaryl/α,β-unsaturated/α-hetero) is 1. The first-order valence-corrected chi connectivity index (χ1v) is 7.14. The van der Waals surface area contributed by atoms with Gasteiger partial charge < -0.3 is 10.4 Å². The van der Waals surface area contributed by atoms with E-state index in [1.54, 1.807) is 0 Å². The molecular formula is C16H19NO4. The van der Waals surface area contributed by atoms with Gasteiger partial charge >= 0.3 is 5.97 Å². The average Bonchev–Trinajstić information content (AvgIpc) is 2.91. The Morgan fingerprint density at radius 3 is 2.62 bits per heavy atom. The second-order valence-corrected chi connectivity index (χ2v) is 5.39. The number of benzene rings is 1. The molecule has 112 valence electrons. The van der Waals surface area contributed by atoms with E-state index >= 15 is 0 Å². The molecule has 0 fully saturated rings. The van der Waals surface area contributed by atoms with Crippen molar-refractivity contribution >= 4 is 17.7 Å². The molecule has 5 nitrogen and oxygen atoms in total. The molecule has 0 radical (unpaired) electrons. The van der Waals surface area contributed by atoms with Gasteiger partial charge in [-0.3, -0.25) is 14.4 Å². The molecular weight excluding hydrogens is 270 g/mol. The van der Waals surface area contributed by atoms with E-state index < -0.39 is 17.9 Å². The molecule has 2 N–H and O–H groups in total. The molecule has 0 aromatic heterocycles. The Hall–Kier alpha value is -2.17. The zero-order valence-corrected chi connectivity index (χ0v) is 12.0. The number of fused-ring (bicyclic) bond motifs is 1. The zero-order valence-electron chi connectivity index (χ0n) is 12.0. The van der Waals surface area contributed by atoms with Gasteiger partial charge in [0.1, 0.15) is 6.04 Å². The van der Waals surface area contributed by atoms with E-state index in [1.165, 1.54) is 18.1 Å². The van der Waals surface area contributed by atoms with Crippen molar-refractivity contribution in [1.82, 2.24) is 5.32 Å². The van der Waals surface area contributed by atoms with Crippen molar-refractivity contribution in [2.24, 2.45) is 0 Å². The van der Waals surface area contributed by atoms with E-state index in [0.717, 1.165) is 19.3 Å². The lowest BCUT2D eigenvalue weighted by Gasteiger charge is -2.09. The lowest BCUT2D eigenvalue weighted by Crippen LogP contribution is -2.38. The molecule has 1 aliphatic carbocycles. The summed E-state index contributed by atoms with van der Waals surface area (Å²) in [6.45, 7) is 1.39. The third-order valence-corrected chi connectivity index (χ3v) is 3.75. The molecule has 1 aliphatic rings. The Balaban J connectivity index is 1.87. The van der Waals surface area contributed by atoms with Gasteiger partial charge in [0.25, 0.3) is 0 Å². The van der Waals surface area contributed by atoms with Crippen LogP contribution in [0.2, 0.25) is 0 Å². The summed E-state index contributed by atoms with van der Waals surface area (Å²) in [7, 11) is 0. The van der Waals surface area contributed by atoms with Gasteiger partial charge in [0.15, 0.2) is 5.78 Å². The van der Waals surface area contributed by atoms with Gasteiger partial charge in [-0.1, -0.05) is 12.1 Å². The number of hydrogen-bond donors (Lipinski definition) is 2. The summed E-state index contributed by atoms with van der Waals surface area (Å²) in [5, 5.41) is 11.0. The topological polar surface area (TPSA) is 83.5 Å². The fourth-order valence-corrected chi connectivity index (χ4v) is 2.49. The minimum atomic E-state index is -1.09. The van der Waals surface area contributed by atoms with Crippen molar-refractivity contribution in [1.29, 1.82) is 0 Å². The first kappa shape index (κ1) is 15.2. The molecule has 1 aromatic carbocycles. The lowest BCUT2D eigenvalue weighted by atomic mass is 10.0. The third-order valence-electron chi connectivity index (χ3n) is 3.75. The van der Waals surface area contributed by atoms with E-state index in [2.05, 4.69) is 5.32 Å². The second kappa shape index (κ2) is 6.52. The predicted octanol–water partition coefficient (Wildman–Crippen LogP) is 1.73. The fraction of sp³-hybridized carbons (Fsp3) is 0.438. The summed E-state index contributed by atoms with van der Waals surface area (Å²) in [5.41, 5.74) is 3.17. The number of ketones is 1. The zero-order chi connectivity index (χ0) is 15.4. The van der Waals surface area contributed by atoms with E-state index in [9.17, 15) is 14.4 Å². The maximum absolute atomic E-state index is 12.1. The van der Waals surface area contributed by atoms with Gasteiger partial charge in [0.2, 0.25) is 5.91 Å². The number of carbonyl (C=O) groups excluding carboxylic acids is 2. The quantitative estimate of drug-likeness (QED) is 0.781. The van der Waals surface area contributed by atoms with Crippen molar-refractivity contribution in [2.45, 2.75) is 45.1 Å². The lowest BCUT2D eigenvalue weighted by molar-refractivity contribution is -0.141. The summed E-state index contributed by atoms with van der Waals surface area (Å²) in [4.78, 5) is 34.2. The van der Waals surface area contributed by atoms with Crippen LogP contribution in [0.3, 0.4) is 0 Å². The number of aliphatic carboxylic acids is 1. The third kappa shape index (κ3) is 3.90. The number of carbonyl (C=O) groups is 3. The van der Waals surface area contributed by atoms with Crippen LogP contribution in [-0.2, 0) is 22.4 Å². The van der Waals surface area contributed by atoms with Crippen LogP contribution >= 0.6 is 0 Å². The van der Waals surface area contributed by atoms with Crippen LogP contribution in [0.5, 0.6) is 0 Å². The molecule has 0 saturated heterocycles. The van der Waals surface area contributed by atoms with Crippen LogP contribution in [0.15, 0.2) is 18.2 Å². The number of aryl methyl sites for hydroxylation is 2. The number of carboxylic acids is 1. The first-order chi connectivity index (χ1) is 9.97. The van der Waals surface area contributed by atoms with Gasteiger partial charge in [0.05, 0.1) is 0 Å². The highest BCUT2D eigenvalue weighted by molar-refractivity contribution is 5.98. The van der Waals surface area contributed by atoms with Gasteiger partial charge in [-0.05, 0) is 43.4 Å². The Bertz CT molecular complexity index is 580. The Kier molecular flexibility index (Phi) is 4.73. The normalized spacial score (nSPS) is 14.3. The standard InChI is InChI=1S/C16H19NO4/c1-10(16(20)21)17-15(19)8-7-14(18)13-6-5-11-3-2-4-12(11)9-13/h5-6,9-10H,2-4,7-8H2,1H3,(H,17,19)(H,20,21). The molecule has 21 heavy (non-hydrogen) atoms. The van der Waals surface area contributed by atoms with E-state index in [1.807, 2.05) is 18.2 Å². The monoisotopic (exact) mass is 289 g/mol. The first-order valence-electron chi connectivity index (χ1n) is 7.14. The van der Waals surface area contributed by atoms with Gasteiger partial charge in [-0.2, -0.15) is 0 Å². The number of rotatable bonds is 6. The van der Waals surface area contributed by atoms with Crippen LogP contribution in [-0.4, -0.2) is 28.8 Å². The number of carboxylic acid groups (broad SMARTS) is 1. The van der Waals surface area contributed by atoms with Crippen molar-refractivity contribution in [3.05, 3.63) is 34.9 Å². The summed E-state index contributed by atoms with van der Waals surface area (Å²) in [6, 6.07) is 4.78. The Morgan fingerprint density at radius 2 is 1.90 bits per heavy atom. The highest BCUT2D eigenvalue weighted by Gasteiger charge is 2.17. The predicted molar refractivity (Wildman–Crippen MR) is 77.3 cm³/mol. The Morgan fingerprint density at radius 1 is 1.19 bits per heavy atom.